The lowest BCUT2D eigenvalue weighted by Gasteiger charge is -2.44. The van der Waals surface area contributed by atoms with Gasteiger partial charge >= 0.3 is 0 Å². The molecule has 19 heavy (non-hydrogen) atoms. The van der Waals surface area contributed by atoms with Crippen LogP contribution in [0.5, 0.6) is 0 Å². The number of hydrogen-bond donors (Lipinski definition) is 0. The minimum Gasteiger partial charge on any atom is -0.375 e. The Balaban J connectivity index is 1.87. The largest absolute Gasteiger partial charge is 0.375 e. The van der Waals surface area contributed by atoms with Crippen molar-refractivity contribution in [3.8, 4) is 0 Å². The Labute approximate surface area is 113 Å². The van der Waals surface area contributed by atoms with Crippen molar-refractivity contribution in [2.45, 2.75) is 39.0 Å². The molecule has 102 valence electrons. The van der Waals surface area contributed by atoms with Crippen LogP contribution in [0.3, 0.4) is 0 Å². The van der Waals surface area contributed by atoms with Crippen LogP contribution in [0.15, 0.2) is 24.8 Å². The van der Waals surface area contributed by atoms with E-state index in [1.54, 1.807) is 12.4 Å². The van der Waals surface area contributed by atoms with Crippen molar-refractivity contribution < 1.29 is 4.74 Å². The summed E-state index contributed by atoms with van der Waals surface area (Å²) in [6.45, 7) is 9.18. The van der Waals surface area contributed by atoms with Gasteiger partial charge in [0, 0.05) is 31.0 Å². The van der Waals surface area contributed by atoms with Gasteiger partial charge in [-0.1, -0.05) is 0 Å². The predicted molar refractivity (Wildman–Crippen MR) is 72.9 cm³/mol. The summed E-state index contributed by atoms with van der Waals surface area (Å²) in [5.74, 6) is 0. The molecule has 3 heterocycles. The maximum Gasteiger partial charge on any atom is 0.155 e. The first kappa shape index (κ1) is 12.6. The second-order valence-corrected chi connectivity index (χ2v) is 5.87. The van der Waals surface area contributed by atoms with Gasteiger partial charge in [0.2, 0.25) is 0 Å². The molecule has 0 saturated carbocycles. The van der Waals surface area contributed by atoms with Crippen molar-refractivity contribution in [2.75, 3.05) is 13.2 Å². The van der Waals surface area contributed by atoms with Gasteiger partial charge in [-0.25, -0.2) is 4.98 Å². The minimum absolute atomic E-state index is 0.0592. The maximum atomic E-state index is 5.76. The number of ether oxygens (including phenoxy) is 1. The molecule has 0 bridgehead atoms. The highest BCUT2D eigenvalue weighted by molar-refractivity contribution is 5.36. The Bertz CT molecular complexity index is 578. The molecular weight excluding hydrogens is 240 g/mol. The Morgan fingerprint density at radius 2 is 2.26 bits per heavy atom. The molecule has 0 spiro atoms. The summed E-state index contributed by atoms with van der Waals surface area (Å²) in [7, 11) is 0. The summed E-state index contributed by atoms with van der Waals surface area (Å²) in [6.07, 6.45) is 7.78. The van der Waals surface area contributed by atoms with Crippen LogP contribution in [0.1, 0.15) is 26.5 Å². The average molecular weight is 260 g/mol. The summed E-state index contributed by atoms with van der Waals surface area (Å²) in [6, 6.07) is 0. The highest BCUT2D eigenvalue weighted by Gasteiger charge is 2.33. The van der Waals surface area contributed by atoms with Crippen LogP contribution in [-0.2, 0) is 11.3 Å². The van der Waals surface area contributed by atoms with Gasteiger partial charge in [0.15, 0.2) is 5.65 Å². The number of rotatable bonds is 2. The van der Waals surface area contributed by atoms with E-state index in [9.17, 15) is 0 Å². The van der Waals surface area contributed by atoms with Gasteiger partial charge in [-0.2, -0.15) is 0 Å². The Kier molecular flexibility index (Phi) is 3.03. The summed E-state index contributed by atoms with van der Waals surface area (Å²) in [5, 5.41) is 0. The van der Waals surface area contributed by atoms with E-state index >= 15 is 0 Å². The molecule has 5 heteroatoms. The number of nitrogens with zero attached hydrogens (tertiary/aromatic N) is 4. The molecule has 1 aliphatic rings. The summed E-state index contributed by atoms with van der Waals surface area (Å²) in [5.41, 5.74) is 2.15. The predicted octanol–water partition coefficient (Wildman–Crippen LogP) is 1.73. The molecule has 0 aliphatic carbocycles. The van der Waals surface area contributed by atoms with Crippen molar-refractivity contribution in [1.29, 1.82) is 0 Å². The molecule has 0 N–H and O–H groups in total. The van der Waals surface area contributed by atoms with Gasteiger partial charge in [-0.05, 0) is 20.8 Å². The van der Waals surface area contributed by atoms with Crippen LogP contribution >= 0.6 is 0 Å². The molecule has 0 amide bonds. The highest BCUT2D eigenvalue weighted by atomic mass is 16.5. The van der Waals surface area contributed by atoms with Gasteiger partial charge in [0.05, 0.1) is 30.8 Å². The normalized spacial score (nSPS) is 23.8. The van der Waals surface area contributed by atoms with E-state index in [0.29, 0.717) is 0 Å². The zero-order chi connectivity index (χ0) is 13.5. The quantitative estimate of drug-likeness (QED) is 0.824. The lowest BCUT2D eigenvalue weighted by molar-refractivity contribution is -0.0954. The third-order valence-electron chi connectivity index (χ3n) is 3.80. The number of morpholine rings is 1. The summed E-state index contributed by atoms with van der Waals surface area (Å²) < 4.78 is 7.86. The molecular formula is C14H20N4O. The standard InChI is InChI=1S/C14H20N4O/c1-11-8-17(14(2,3)10-19-11)9-12-6-16-13-7-15-4-5-18(12)13/h4-7,11H,8-10H2,1-3H3/t11-/m0/s1. The molecule has 2 aromatic rings. The third-order valence-corrected chi connectivity index (χ3v) is 3.80. The highest BCUT2D eigenvalue weighted by Crippen LogP contribution is 2.24. The van der Waals surface area contributed by atoms with Crippen molar-refractivity contribution in [2.24, 2.45) is 0 Å². The first-order chi connectivity index (χ1) is 9.06. The van der Waals surface area contributed by atoms with Crippen LogP contribution < -0.4 is 0 Å². The first-order valence-electron chi connectivity index (χ1n) is 6.69. The molecule has 2 aromatic heterocycles. The fraction of sp³-hybridized carbons (Fsp3) is 0.571. The molecule has 1 atom stereocenters. The first-order valence-corrected chi connectivity index (χ1v) is 6.69. The molecule has 1 saturated heterocycles. The fourth-order valence-electron chi connectivity index (χ4n) is 2.53. The fourth-order valence-corrected chi connectivity index (χ4v) is 2.53. The van der Waals surface area contributed by atoms with Crippen molar-refractivity contribution in [1.82, 2.24) is 19.3 Å². The van der Waals surface area contributed by atoms with E-state index in [0.717, 1.165) is 25.3 Å². The van der Waals surface area contributed by atoms with E-state index in [1.807, 2.05) is 12.4 Å². The molecule has 5 nitrogen and oxygen atoms in total. The zero-order valence-corrected chi connectivity index (χ0v) is 11.7. The lowest BCUT2D eigenvalue weighted by Crippen LogP contribution is -2.55. The minimum atomic E-state index is 0.0592. The zero-order valence-electron chi connectivity index (χ0n) is 11.7. The number of hydrogen-bond acceptors (Lipinski definition) is 4. The Hall–Kier alpha value is -1.46. The maximum absolute atomic E-state index is 5.76. The van der Waals surface area contributed by atoms with Crippen LogP contribution in [0.25, 0.3) is 5.65 Å². The third kappa shape index (κ3) is 2.35. The SMILES string of the molecule is C[C@H]1CN(Cc2cnc3cnccn23)C(C)(C)CO1. The van der Waals surface area contributed by atoms with Crippen molar-refractivity contribution in [3.63, 3.8) is 0 Å². The topological polar surface area (TPSA) is 42.7 Å². The smallest absolute Gasteiger partial charge is 0.155 e. The summed E-state index contributed by atoms with van der Waals surface area (Å²) in [4.78, 5) is 11.0. The van der Waals surface area contributed by atoms with Gasteiger partial charge in [0.1, 0.15) is 0 Å². The summed E-state index contributed by atoms with van der Waals surface area (Å²) >= 11 is 0. The van der Waals surface area contributed by atoms with Gasteiger partial charge in [0.25, 0.3) is 0 Å². The number of imidazole rings is 1. The average Bonchev–Trinajstić information content (AvgIpc) is 2.78. The number of aromatic nitrogens is 3. The molecule has 0 unspecified atom stereocenters. The van der Waals surface area contributed by atoms with Gasteiger partial charge in [-0.3, -0.25) is 14.3 Å². The monoisotopic (exact) mass is 260 g/mol. The molecule has 0 radical (unpaired) electrons. The van der Waals surface area contributed by atoms with E-state index in [1.165, 1.54) is 5.69 Å². The Morgan fingerprint density at radius 1 is 1.42 bits per heavy atom. The van der Waals surface area contributed by atoms with Gasteiger partial charge < -0.3 is 4.74 Å². The van der Waals surface area contributed by atoms with E-state index in [4.69, 9.17) is 4.74 Å². The lowest BCUT2D eigenvalue weighted by atomic mass is 10.0. The van der Waals surface area contributed by atoms with Crippen LogP contribution in [0, 0.1) is 0 Å². The van der Waals surface area contributed by atoms with E-state index < -0.39 is 0 Å². The van der Waals surface area contributed by atoms with Crippen molar-refractivity contribution in [3.05, 3.63) is 30.5 Å². The van der Waals surface area contributed by atoms with Crippen LogP contribution in [-0.4, -0.2) is 44.1 Å². The van der Waals surface area contributed by atoms with E-state index in [-0.39, 0.29) is 11.6 Å². The molecule has 1 aliphatic heterocycles. The molecule has 3 rings (SSSR count). The number of fused-ring (bicyclic) bond motifs is 1. The van der Waals surface area contributed by atoms with Crippen molar-refractivity contribution >= 4 is 5.65 Å². The Morgan fingerprint density at radius 3 is 3.11 bits per heavy atom. The van der Waals surface area contributed by atoms with Gasteiger partial charge in [-0.15, -0.1) is 0 Å². The second-order valence-electron chi connectivity index (χ2n) is 5.87. The van der Waals surface area contributed by atoms with E-state index in [2.05, 4.69) is 40.0 Å². The molecule has 1 fully saturated rings. The van der Waals surface area contributed by atoms with Crippen LogP contribution in [0.2, 0.25) is 0 Å². The molecule has 0 aromatic carbocycles. The van der Waals surface area contributed by atoms with Crippen LogP contribution in [0.4, 0.5) is 0 Å². The second kappa shape index (κ2) is 4.58.